The van der Waals surface area contributed by atoms with E-state index in [1.165, 1.54) is 83.6 Å². The van der Waals surface area contributed by atoms with Crippen LogP contribution in [-0.4, -0.2) is 12.6 Å². The van der Waals surface area contributed by atoms with Gasteiger partial charge in [0.15, 0.2) is 0 Å². The highest BCUT2D eigenvalue weighted by molar-refractivity contribution is 4.69. The molecule has 1 nitrogen and oxygen atoms in total. The van der Waals surface area contributed by atoms with E-state index in [1.54, 1.807) is 0 Å². The molecule has 18 heavy (non-hydrogen) atoms. The van der Waals surface area contributed by atoms with Crippen LogP contribution in [0.5, 0.6) is 0 Å². The fourth-order valence-electron chi connectivity index (χ4n) is 3.00. The Kier molecular flexibility index (Phi) is 9.65. The lowest BCUT2D eigenvalue weighted by atomic mass is 9.96. The van der Waals surface area contributed by atoms with Gasteiger partial charge in [0.25, 0.3) is 0 Å². The van der Waals surface area contributed by atoms with Gasteiger partial charge in [-0.05, 0) is 31.7 Å². The maximum atomic E-state index is 3.79. The molecule has 1 saturated carbocycles. The molecule has 0 radical (unpaired) electrons. The molecule has 0 bridgehead atoms. The summed E-state index contributed by atoms with van der Waals surface area (Å²) in [4.78, 5) is 0. The first kappa shape index (κ1) is 16.0. The predicted octanol–water partition coefficient (Wildman–Crippen LogP) is 5.30. The van der Waals surface area contributed by atoms with Crippen molar-refractivity contribution >= 4 is 0 Å². The molecule has 0 aliphatic heterocycles. The van der Waals surface area contributed by atoms with Gasteiger partial charge in [-0.15, -0.1) is 0 Å². The summed E-state index contributed by atoms with van der Waals surface area (Å²) in [5.41, 5.74) is 0. The second-order valence-electron chi connectivity index (χ2n) is 6.59. The predicted molar refractivity (Wildman–Crippen MR) is 82.0 cm³/mol. The third-order valence-electron chi connectivity index (χ3n) is 4.25. The van der Waals surface area contributed by atoms with Crippen molar-refractivity contribution in [2.24, 2.45) is 5.92 Å². The molecule has 1 N–H and O–H groups in total. The van der Waals surface area contributed by atoms with E-state index in [0.29, 0.717) is 0 Å². The minimum atomic E-state index is 0.834. The average Bonchev–Trinajstić information content (AvgIpc) is 2.29. The van der Waals surface area contributed by atoms with Crippen molar-refractivity contribution < 1.29 is 0 Å². The Morgan fingerprint density at radius 2 is 1.44 bits per heavy atom. The molecule has 1 heteroatoms. The molecule has 0 amide bonds. The number of hydrogen-bond acceptors (Lipinski definition) is 1. The van der Waals surface area contributed by atoms with Gasteiger partial charge in [0, 0.05) is 6.04 Å². The van der Waals surface area contributed by atoms with E-state index >= 15 is 0 Å². The summed E-state index contributed by atoms with van der Waals surface area (Å²) in [7, 11) is 0. The Balaban J connectivity index is 1.89. The lowest BCUT2D eigenvalue weighted by Gasteiger charge is -2.21. The minimum Gasteiger partial charge on any atom is -0.314 e. The van der Waals surface area contributed by atoms with Gasteiger partial charge in [-0.25, -0.2) is 0 Å². The van der Waals surface area contributed by atoms with Gasteiger partial charge < -0.3 is 5.32 Å². The lowest BCUT2D eigenvalue weighted by molar-refractivity contribution is 0.385. The van der Waals surface area contributed by atoms with Crippen LogP contribution in [0.1, 0.15) is 90.9 Å². The van der Waals surface area contributed by atoms with Crippen molar-refractivity contribution in [2.75, 3.05) is 6.54 Å². The number of rotatable bonds is 8. The summed E-state index contributed by atoms with van der Waals surface area (Å²) in [6.07, 6.45) is 17.2. The molecule has 0 aromatic heterocycles. The van der Waals surface area contributed by atoms with Gasteiger partial charge in [-0.1, -0.05) is 71.6 Å². The molecule has 0 atom stereocenters. The van der Waals surface area contributed by atoms with Crippen LogP contribution in [0.15, 0.2) is 0 Å². The molecule has 0 unspecified atom stereocenters. The van der Waals surface area contributed by atoms with Gasteiger partial charge in [-0.3, -0.25) is 0 Å². The van der Waals surface area contributed by atoms with E-state index < -0.39 is 0 Å². The summed E-state index contributed by atoms with van der Waals surface area (Å²) < 4.78 is 0. The first-order chi connectivity index (χ1) is 8.79. The first-order valence-corrected chi connectivity index (χ1v) is 8.52. The Bertz CT molecular complexity index is 168. The highest BCUT2D eigenvalue weighted by atomic mass is 14.9. The quantitative estimate of drug-likeness (QED) is 0.579. The fourth-order valence-corrected chi connectivity index (χ4v) is 3.00. The topological polar surface area (TPSA) is 12.0 Å². The Morgan fingerprint density at radius 3 is 2.11 bits per heavy atom. The molecule has 1 fully saturated rings. The fraction of sp³-hybridized carbons (Fsp3) is 1.00. The van der Waals surface area contributed by atoms with E-state index in [9.17, 15) is 0 Å². The number of unbranched alkanes of at least 4 members (excludes halogenated alkanes) is 3. The maximum absolute atomic E-state index is 3.79. The second-order valence-corrected chi connectivity index (χ2v) is 6.59. The first-order valence-electron chi connectivity index (χ1n) is 8.52. The van der Waals surface area contributed by atoms with E-state index in [1.807, 2.05) is 0 Å². The summed E-state index contributed by atoms with van der Waals surface area (Å²) >= 11 is 0. The van der Waals surface area contributed by atoms with Gasteiger partial charge >= 0.3 is 0 Å². The van der Waals surface area contributed by atoms with Crippen molar-refractivity contribution in [3.05, 3.63) is 0 Å². The Labute approximate surface area is 115 Å². The van der Waals surface area contributed by atoms with Crippen molar-refractivity contribution in [1.29, 1.82) is 0 Å². The van der Waals surface area contributed by atoms with Crippen LogP contribution in [0.3, 0.4) is 0 Å². The van der Waals surface area contributed by atoms with E-state index in [-0.39, 0.29) is 0 Å². The molecule has 0 saturated heterocycles. The second kappa shape index (κ2) is 10.8. The van der Waals surface area contributed by atoms with Crippen molar-refractivity contribution in [3.8, 4) is 0 Å². The van der Waals surface area contributed by atoms with E-state index in [2.05, 4.69) is 19.2 Å². The number of hydrogen-bond donors (Lipinski definition) is 1. The number of nitrogens with one attached hydrogen (secondary N) is 1. The van der Waals surface area contributed by atoms with Crippen LogP contribution in [-0.2, 0) is 0 Å². The monoisotopic (exact) mass is 253 g/mol. The standard InChI is InChI=1S/C17H35N/c1-16(2)12-8-6-7-11-15-18-17-13-9-4-3-5-10-14-17/h16-18H,3-15H2,1-2H3. The zero-order valence-electron chi connectivity index (χ0n) is 12.8. The smallest absolute Gasteiger partial charge is 0.00670 e. The summed E-state index contributed by atoms with van der Waals surface area (Å²) in [5, 5.41) is 3.79. The molecular formula is C17H35N. The van der Waals surface area contributed by atoms with E-state index in [0.717, 1.165) is 12.0 Å². The van der Waals surface area contributed by atoms with Crippen molar-refractivity contribution in [2.45, 2.75) is 96.9 Å². The molecule has 0 spiro atoms. The van der Waals surface area contributed by atoms with Gasteiger partial charge in [0.05, 0.1) is 0 Å². The third-order valence-corrected chi connectivity index (χ3v) is 4.25. The lowest BCUT2D eigenvalue weighted by Crippen LogP contribution is -2.30. The zero-order chi connectivity index (χ0) is 13.1. The largest absolute Gasteiger partial charge is 0.314 e. The highest BCUT2D eigenvalue weighted by Gasteiger charge is 2.09. The molecule has 0 aromatic carbocycles. The highest BCUT2D eigenvalue weighted by Crippen LogP contribution is 2.17. The zero-order valence-corrected chi connectivity index (χ0v) is 12.8. The van der Waals surface area contributed by atoms with Crippen LogP contribution in [0.4, 0.5) is 0 Å². The average molecular weight is 253 g/mol. The Hall–Kier alpha value is -0.0400. The summed E-state index contributed by atoms with van der Waals surface area (Å²) in [6, 6.07) is 0.834. The minimum absolute atomic E-state index is 0.834. The van der Waals surface area contributed by atoms with Crippen LogP contribution in [0, 0.1) is 5.92 Å². The van der Waals surface area contributed by atoms with Crippen LogP contribution in [0.25, 0.3) is 0 Å². The van der Waals surface area contributed by atoms with Crippen LogP contribution < -0.4 is 5.32 Å². The van der Waals surface area contributed by atoms with Crippen LogP contribution in [0.2, 0.25) is 0 Å². The van der Waals surface area contributed by atoms with Gasteiger partial charge in [-0.2, -0.15) is 0 Å². The summed E-state index contributed by atoms with van der Waals surface area (Å²) in [6.45, 7) is 5.92. The Morgan fingerprint density at radius 1 is 0.833 bits per heavy atom. The molecule has 108 valence electrons. The normalized spacial score (nSPS) is 18.8. The SMILES string of the molecule is CC(C)CCCCCCNC1CCCCCCC1. The third kappa shape index (κ3) is 8.97. The van der Waals surface area contributed by atoms with Gasteiger partial charge in [0.1, 0.15) is 0 Å². The van der Waals surface area contributed by atoms with Crippen molar-refractivity contribution in [3.63, 3.8) is 0 Å². The van der Waals surface area contributed by atoms with Crippen LogP contribution >= 0.6 is 0 Å². The summed E-state index contributed by atoms with van der Waals surface area (Å²) in [5.74, 6) is 0.887. The van der Waals surface area contributed by atoms with Gasteiger partial charge in [0.2, 0.25) is 0 Å². The molecular weight excluding hydrogens is 218 g/mol. The molecule has 1 aliphatic carbocycles. The van der Waals surface area contributed by atoms with E-state index in [4.69, 9.17) is 0 Å². The van der Waals surface area contributed by atoms with Crippen molar-refractivity contribution in [1.82, 2.24) is 5.32 Å². The molecule has 1 aliphatic rings. The molecule has 0 aromatic rings. The molecule has 0 heterocycles. The molecule has 1 rings (SSSR count). The maximum Gasteiger partial charge on any atom is 0.00670 e.